The molecule has 0 spiro atoms. The van der Waals surface area contributed by atoms with Crippen LogP contribution in [0.15, 0.2) is 42.6 Å². The highest BCUT2D eigenvalue weighted by molar-refractivity contribution is 5.73. The zero-order chi connectivity index (χ0) is 18.7. The number of aromatic nitrogens is 1. The maximum absolute atomic E-state index is 12.8. The highest BCUT2D eigenvalue weighted by Gasteiger charge is 2.30. The van der Waals surface area contributed by atoms with Crippen LogP contribution >= 0.6 is 0 Å². The highest BCUT2D eigenvalue weighted by Crippen LogP contribution is 2.30. The quantitative estimate of drug-likeness (QED) is 0.810. The average molecular weight is 362 g/mol. The number of pyridine rings is 1. The van der Waals surface area contributed by atoms with Crippen LogP contribution in [-0.4, -0.2) is 28.9 Å². The van der Waals surface area contributed by atoms with E-state index in [1.54, 1.807) is 19.2 Å². The lowest BCUT2D eigenvalue weighted by molar-refractivity contribution is -0.137. The second-order valence-electron chi connectivity index (χ2n) is 6.77. The van der Waals surface area contributed by atoms with Gasteiger partial charge in [-0.15, -0.1) is 0 Å². The Bertz CT molecular complexity index is 771. The number of carbonyl (C=O) groups is 1. The Morgan fingerprint density at radius 2 is 2.04 bits per heavy atom. The number of benzene rings is 1. The molecule has 0 aliphatic carbocycles. The molecule has 1 atom stereocenters. The number of hydrogen-bond acceptors (Lipinski definition) is 2. The topological polar surface area (TPSA) is 33.2 Å². The van der Waals surface area contributed by atoms with Gasteiger partial charge in [0.2, 0.25) is 5.91 Å². The molecule has 1 aliphatic heterocycles. The van der Waals surface area contributed by atoms with Gasteiger partial charge in [0, 0.05) is 37.8 Å². The summed E-state index contributed by atoms with van der Waals surface area (Å²) in [5, 5.41) is 0. The zero-order valence-corrected chi connectivity index (χ0v) is 14.6. The summed E-state index contributed by atoms with van der Waals surface area (Å²) in [7, 11) is 0. The van der Waals surface area contributed by atoms with E-state index >= 15 is 0 Å². The number of piperidine rings is 1. The van der Waals surface area contributed by atoms with Gasteiger partial charge in [-0.05, 0) is 42.5 Å². The largest absolute Gasteiger partial charge is 0.416 e. The van der Waals surface area contributed by atoms with Gasteiger partial charge in [-0.1, -0.05) is 24.3 Å². The van der Waals surface area contributed by atoms with Crippen molar-refractivity contribution in [2.24, 2.45) is 0 Å². The number of likely N-dealkylation sites (tertiary alicyclic amines) is 1. The summed E-state index contributed by atoms with van der Waals surface area (Å²) in [6, 6.07) is 9.22. The molecule has 0 unspecified atom stereocenters. The van der Waals surface area contributed by atoms with E-state index in [9.17, 15) is 18.0 Å². The van der Waals surface area contributed by atoms with Crippen LogP contribution in [0.25, 0.3) is 0 Å². The minimum absolute atomic E-state index is 0.0795. The van der Waals surface area contributed by atoms with Gasteiger partial charge in [0.1, 0.15) is 0 Å². The number of alkyl halides is 3. The summed E-state index contributed by atoms with van der Waals surface area (Å²) in [5.41, 5.74) is 1.77. The normalized spacial score (nSPS) is 18.0. The van der Waals surface area contributed by atoms with E-state index in [4.69, 9.17) is 0 Å². The predicted molar refractivity (Wildman–Crippen MR) is 92.7 cm³/mol. The first-order chi connectivity index (χ1) is 12.3. The van der Waals surface area contributed by atoms with E-state index in [2.05, 4.69) is 4.98 Å². The first-order valence-corrected chi connectivity index (χ1v) is 8.69. The van der Waals surface area contributed by atoms with Crippen LogP contribution in [0, 0.1) is 0 Å². The maximum atomic E-state index is 12.8. The van der Waals surface area contributed by atoms with Crippen LogP contribution in [0.4, 0.5) is 13.2 Å². The molecule has 1 saturated heterocycles. The van der Waals surface area contributed by atoms with Gasteiger partial charge < -0.3 is 4.90 Å². The van der Waals surface area contributed by atoms with Gasteiger partial charge in [-0.3, -0.25) is 9.78 Å². The van der Waals surface area contributed by atoms with Crippen molar-refractivity contribution in [1.82, 2.24) is 9.88 Å². The van der Waals surface area contributed by atoms with Crippen molar-refractivity contribution < 1.29 is 18.0 Å². The minimum atomic E-state index is -4.33. The maximum Gasteiger partial charge on any atom is 0.416 e. The molecule has 1 fully saturated rings. The third-order valence-electron chi connectivity index (χ3n) is 4.80. The predicted octanol–water partition coefficient (Wildman–Crippen LogP) is 4.42. The van der Waals surface area contributed by atoms with Gasteiger partial charge >= 0.3 is 6.18 Å². The minimum Gasteiger partial charge on any atom is -0.342 e. The van der Waals surface area contributed by atoms with E-state index in [-0.39, 0.29) is 11.8 Å². The van der Waals surface area contributed by atoms with Crippen LogP contribution in [0.5, 0.6) is 0 Å². The number of hydrogen-bond donors (Lipinski definition) is 0. The molecule has 1 aromatic carbocycles. The lowest BCUT2D eigenvalue weighted by atomic mass is 9.93. The van der Waals surface area contributed by atoms with E-state index in [0.29, 0.717) is 18.5 Å². The molecular formula is C20H21F3N2O. The van der Waals surface area contributed by atoms with Crippen molar-refractivity contribution in [3.63, 3.8) is 0 Å². The van der Waals surface area contributed by atoms with Crippen LogP contribution in [0.1, 0.15) is 48.1 Å². The SMILES string of the molecule is CC(=O)N1CCC[C@H](c2ccc(Cc3cccc(C(F)(F)F)c3)cn2)C1. The average Bonchev–Trinajstić information content (AvgIpc) is 2.62. The van der Waals surface area contributed by atoms with Crippen molar-refractivity contribution in [3.05, 3.63) is 65.0 Å². The van der Waals surface area contributed by atoms with Gasteiger partial charge in [0.05, 0.1) is 5.56 Å². The molecular weight excluding hydrogens is 341 g/mol. The van der Waals surface area contributed by atoms with Crippen LogP contribution in [-0.2, 0) is 17.4 Å². The fourth-order valence-electron chi connectivity index (χ4n) is 3.38. The van der Waals surface area contributed by atoms with E-state index in [1.165, 1.54) is 12.1 Å². The van der Waals surface area contributed by atoms with Crippen LogP contribution in [0.2, 0.25) is 0 Å². The fraction of sp³-hybridized carbons (Fsp3) is 0.400. The standard InChI is InChI=1S/C20H21F3N2O/c1-14(26)25-9-3-5-17(13-25)19-8-7-16(12-24-19)10-15-4-2-6-18(11-15)20(21,22)23/h2,4,6-8,11-12,17H,3,5,9-10,13H2,1H3/t17-/m0/s1. The fourth-order valence-corrected chi connectivity index (χ4v) is 3.38. The molecule has 6 heteroatoms. The summed E-state index contributed by atoms with van der Waals surface area (Å²) in [5.74, 6) is 0.297. The summed E-state index contributed by atoms with van der Waals surface area (Å²) < 4.78 is 38.4. The Balaban J connectivity index is 1.69. The summed E-state index contributed by atoms with van der Waals surface area (Å²) in [6.45, 7) is 3.04. The smallest absolute Gasteiger partial charge is 0.342 e. The Kier molecular flexibility index (Phi) is 5.30. The number of nitrogens with zero attached hydrogens (tertiary/aromatic N) is 2. The highest BCUT2D eigenvalue weighted by atomic mass is 19.4. The number of halogens is 3. The van der Waals surface area contributed by atoms with Crippen molar-refractivity contribution in [1.29, 1.82) is 0 Å². The molecule has 2 heterocycles. The van der Waals surface area contributed by atoms with Crippen molar-refractivity contribution in [2.45, 2.75) is 38.3 Å². The lowest BCUT2D eigenvalue weighted by Gasteiger charge is -2.31. The molecule has 26 heavy (non-hydrogen) atoms. The zero-order valence-electron chi connectivity index (χ0n) is 14.6. The molecule has 138 valence electrons. The first kappa shape index (κ1) is 18.4. The van der Waals surface area contributed by atoms with Gasteiger partial charge in [-0.2, -0.15) is 13.2 Å². The third kappa shape index (κ3) is 4.42. The number of amides is 1. The van der Waals surface area contributed by atoms with Crippen molar-refractivity contribution in [2.75, 3.05) is 13.1 Å². The second-order valence-corrected chi connectivity index (χ2v) is 6.77. The molecule has 1 aliphatic rings. The molecule has 1 amide bonds. The molecule has 0 saturated carbocycles. The van der Waals surface area contributed by atoms with Crippen molar-refractivity contribution in [3.8, 4) is 0 Å². The van der Waals surface area contributed by atoms with Gasteiger partial charge in [0.25, 0.3) is 0 Å². The molecule has 3 nitrogen and oxygen atoms in total. The molecule has 0 bridgehead atoms. The molecule has 0 radical (unpaired) electrons. The molecule has 2 aromatic rings. The van der Waals surface area contributed by atoms with Gasteiger partial charge in [-0.25, -0.2) is 0 Å². The summed E-state index contributed by atoms with van der Waals surface area (Å²) in [6.07, 6.45) is -0.257. The van der Waals surface area contributed by atoms with Crippen LogP contribution < -0.4 is 0 Å². The van der Waals surface area contributed by atoms with E-state index in [1.807, 2.05) is 17.0 Å². The molecule has 3 rings (SSSR count). The monoisotopic (exact) mass is 362 g/mol. The third-order valence-corrected chi connectivity index (χ3v) is 4.80. The Morgan fingerprint density at radius 1 is 1.23 bits per heavy atom. The van der Waals surface area contributed by atoms with Crippen LogP contribution in [0.3, 0.4) is 0 Å². The Labute approximate surface area is 150 Å². The lowest BCUT2D eigenvalue weighted by Crippen LogP contribution is -2.37. The van der Waals surface area contributed by atoms with Gasteiger partial charge in [0.15, 0.2) is 0 Å². The first-order valence-electron chi connectivity index (χ1n) is 8.69. The molecule has 1 aromatic heterocycles. The second kappa shape index (κ2) is 7.48. The van der Waals surface area contributed by atoms with Crippen molar-refractivity contribution >= 4 is 5.91 Å². The Morgan fingerprint density at radius 3 is 2.69 bits per heavy atom. The summed E-state index contributed by atoms with van der Waals surface area (Å²) >= 11 is 0. The number of carbonyl (C=O) groups excluding carboxylic acids is 1. The molecule has 0 N–H and O–H groups in total. The number of rotatable bonds is 3. The van der Waals surface area contributed by atoms with E-state index in [0.717, 1.165) is 36.7 Å². The Hall–Kier alpha value is -2.37. The van der Waals surface area contributed by atoms with E-state index < -0.39 is 11.7 Å². The summed E-state index contributed by atoms with van der Waals surface area (Å²) in [4.78, 5) is 17.9.